The van der Waals surface area contributed by atoms with Crippen LogP contribution in [-0.2, 0) is 16.6 Å². The molecule has 7 heteroatoms. The van der Waals surface area contributed by atoms with Crippen molar-refractivity contribution >= 4 is 21.4 Å². The fraction of sp³-hybridized carbons (Fsp3) is 0.154. The molecule has 0 amide bonds. The second kappa shape index (κ2) is 5.87. The van der Waals surface area contributed by atoms with Crippen LogP contribution >= 0.6 is 0 Å². The number of aromatic nitrogens is 1. The first kappa shape index (κ1) is 14.3. The van der Waals surface area contributed by atoms with E-state index in [-0.39, 0.29) is 5.69 Å². The molecule has 2 aromatic rings. The van der Waals surface area contributed by atoms with Crippen LogP contribution in [-0.4, -0.2) is 19.7 Å². The summed E-state index contributed by atoms with van der Waals surface area (Å²) in [6.07, 6.45) is 2.65. The molecule has 1 aromatic carbocycles. The molecule has 0 spiro atoms. The number of halogens is 1. The number of sulfonamides is 1. The lowest BCUT2D eigenvalue weighted by molar-refractivity contribution is 0.604. The van der Waals surface area contributed by atoms with E-state index in [2.05, 4.69) is 15.0 Å². The van der Waals surface area contributed by atoms with Crippen molar-refractivity contribution in [1.29, 1.82) is 0 Å². The fourth-order valence-corrected chi connectivity index (χ4v) is 2.16. The van der Waals surface area contributed by atoms with Crippen molar-refractivity contribution in [2.75, 3.05) is 16.3 Å². The molecule has 0 saturated carbocycles. The molecule has 2 N–H and O–H groups in total. The molecule has 1 heterocycles. The number of anilines is 2. The van der Waals surface area contributed by atoms with Gasteiger partial charge in [-0.15, -0.1) is 0 Å². The molecular weight excluding hydrogens is 281 g/mol. The molecule has 106 valence electrons. The van der Waals surface area contributed by atoms with Crippen LogP contribution < -0.4 is 10.0 Å². The van der Waals surface area contributed by atoms with E-state index in [0.29, 0.717) is 12.2 Å². The molecule has 0 saturated heterocycles. The number of rotatable bonds is 5. The highest BCUT2D eigenvalue weighted by Crippen LogP contribution is 2.20. The van der Waals surface area contributed by atoms with Gasteiger partial charge in [-0.25, -0.2) is 12.8 Å². The second-order valence-corrected chi connectivity index (χ2v) is 5.99. The summed E-state index contributed by atoms with van der Waals surface area (Å²) in [6, 6.07) is 9.67. The van der Waals surface area contributed by atoms with Gasteiger partial charge in [0, 0.05) is 11.9 Å². The van der Waals surface area contributed by atoms with Gasteiger partial charge in [0.1, 0.15) is 5.82 Å². The predicted octanol–water partition coefficient (Wildman–Crippen LogP) is 2.20. The maximum absolute atomic E-state index is 13.5. The summed E-state index contributed by atoms with van der Waals surface area (Å²) < 4.78 is 37.9. The van der Waals surface area contributed by atoms with Crippen molar-refractivity contribution in [2.45, 2.75) is 6.54 Å². The molecule has 0 radical (unpaired) electrons. The van der Waals surface area contributed by atoms with Crippen molar-refractivity contribution in [3.8, 4) is 0 Å². The number of nitrogens with one attached hydrogen (secondary N) is 2. The highest BCUT2D eigenvalue weighted by atomic mass is 32.2. The Hall–Kier alpha value is -2.15. The van der Waals surface area contributed by atoms with Gasteiger partial charge in [-0.2, -0.15) is 0 Å². The summed E-state index contributed by atoms with van der Waals surface area (Å²) in [5.74, 6) is -0.626. The van der Waals surface area contributed by atoms with Crippen LogP contribution in [0.25, 0.3) is 0 Å². The van der Waals surface area contributed by atoms with Crippen molar-refractivity contribution < 1.29 is 12.8 Å². The first-order valence-electron chi connectivity index (χ1n) is 5.85. The van der Waals surface area contributed by atoms with Crippen LogP contribution in [0.3, 0.4) is 0 Å². The van der Waals surface area contributed by atoms with Gasteiger partial charge in [-0.3, -0.25) is 9.71 Å². The Morgan fingerprint density at radius 1 is 1.25 bits per heavy atom. The molecule has 0 atom stereocenters. The van der Waals surface area contributed by atoms with Crippen LogP contribution in [0, 0.1) is 5.82 Å². The van der Waals surface area contributed by atoms with Crippen molar-refractivity contribution in [2.24, 2.45) is 0 Å². The smallest absolute Gasteiger partial charge is 0.229 e. The summed E-state index contributed by atoms with van der Waals surface area (Å²) in [7, 11) is -3.51. The molecule has 0 aliphatic rings. The van der Waals surface area contributed by atoms with Gasteiger partial charge < -0.3 is 5.32 Å². The first-order valence-corrected chi connectivity index (χ1v) is 7.74. The summed E-state index contributed by atoms with van der Waals surface area (Å²) in [5, 5.41) is 3.05. The predicted molar refractivity (Wildman–Crippen MR) is 76.4 cm³/mol. The van der Waals surface area contributed by atoms with Crippen LogP contribution in [0.4, 0.5) is 15.8 Å². The molecule has 2 rings (SSSR count). The number of nitrogens with zero attached hydrogens (tertiary/aromatic N) is 1. The standard InChI is InChI=1S/C13H14FN3O2S/c1-20(18,19)17-13-8-10(5-6-12(13)14)16-9-11-4-2-3-7-15-11/h2-8,16-17H,9H2,1H3. The Kier molecular flexibility index (Phi) is 4.19. The topological polar surface area (TPSA) is 71.1 Å². The molecule has 1 aromatic heterocycles. The molecule has 0 aliphatic carbocycles. The zero-order valence-corrected chi connectivity index (χ0v) is 11.6. The van der Waals surface area contributed by atoms with Crippen LogP contribution in [0.5, 0.6) is 0 Å². The minimum atomic E-state index is -3.51. The Morgan fingerprint density at radius 2 is 2.05 bits per heavy atom. The normalized spacial score (nSPS) is 11.1. The van der Waals surface area contributed by atoms with E-state index in [1.54, 1.807) is 6.20 Å². The number of pyridine rings is 1. The highest BCUT2D eigenvalue weighted by Gasteiger charge is 2.08. The van der Waals surface area contributed by atoms with E-state index in [0.717, 1.165) is 11.9 Å². The van der Waals surface area contributed by atoms with Gasteiger partial charge >= 0.3 is 0 Å². The fourth-order valence-electron chi connectivity index (χ4n) is 1.61. The first-order chi connectivity index (χ1) is 9.44. The maximum atomic E-state index is 13.5. The number of hydrogen-bond donors (Lipinski definition) is 2. The van der Waals surface area contributed by atoms with Crippen LogP contribution in [0.2, 0.25) is 0 Å². The summed E-state index contributed by atoms with van der Waals surface area (Å²) in [5.41, 5.74) is 1.34. The number of benzene rings is 1. The van der Waals surface area contributed by atoms with E-state index in [9.17, 15) is 12.8 Å². The van der Waals surface area contributed by atoms with E-state index in [4.69, 9.17) is 0 Å². The van der Waals surface area contributed by atoms with Gasteiger partial charge in [0.25, 0.3) is 0 Å². The van der Waals surface area contributed by atoms with Crippen molar-refractivity contribution in [1.82, 2.24) is 4.98 Å². The molecule has 0 aliphatic heterocycles. The van der Waals surface area contributed by atoms with E-state index in [1.807, 2.05) is 18.2 Å². The SMILES string of the molecule is CS(=O)(=O)Nc1cc(NCc2ccccn2)ccc1F. The third-order valence-electron chi connectivity index (χ3n) is 2.46. The summed E-state index contributed by atoms with van der Waals surface area (Å²) in [6.45, 7) is 0.463. The van der Waals surface area contributed by atoms with E-state index >= 15 is 0 Å². The van der Waals surface area contributed by atoms with Gasteiger partial charge in [0.05, 0.1) is 24.2 Å². The monoisotopic (exact) mass is 295 g/mol. The zero-order valence-electron chi connectivity index (χ0n) is 10.8. The third kappa shape index (κ3) is 4.20. The van der Waals surface area contributed by atoms with Gasteiger partial charge in [-0.1, -0.05) is 6.07 Å². The lowest BCUT2D eigenvalue weighted by atomic mass is 10.2. The largest absolute Gasteiger partial charge is 0.379 e. The van der Waals surface area contributed by atoms with Gasteiger partial charge in [0.2, 0.25) is 10.0 Å². The Bertz CT molecular complexity index is 690. The lowest BCUT2D eigenvalue weighted by Gasteiger charge is -2.10. The minimum absolute atomic E-state index is 0.0847. The van der Waals surface area contributed by atoms with E-state index < -0.39 is 15.8 Å². The highest BCUT2D eigenvalue weighted by molar-refractivity contribution is 7.92. The second-order valence-electron chi connectivity index (χ2n) is 4.24. The van der Waals surface area contributed by atoms with Crippen molar-refractivity contribution in [3.63, 3.8) is 0 Å². The maximum Gasteiger partial charge on any atom is 0.229 e. The van der Waals surface area contributed by atoms with Crippen LogP contribution in [0.1, 0.15) is 5.69 Å². The molecule has 5 nitrogen and oxygen atoms in total. The van der Waals surface area contributed by atoms with Crippen molar-refractivity contribution in [3.05, 3.63) is 54.1 Å². The Labute approximate surface area is 116 Å². The minimum Gasteiger partial charge on any atom is -0.379 e. The zero-order chi connectivity index (χ0) is 14.6. The molecular formula is C13H14FN3O2S. The Balaban J connectivity index is 2.11. The van der Waals surface area contributed by atoms with Gasteiger partial charge in [0.15, 0.2) is 0 Å². The molecule has 0 fully saturated rings. The van der Waals surface area contributed by atoms with Crippen LogP contribution in [0.15, 0.2) is 42.6 Å². The quantitative estimate of drug-likeness (QED) is 0.887. The third-order valence-corrected chi connectivity index (χ3v) is 3.05. The average Bonchev–Trinajstić information content (AvgIpc) is 2.39. The molecule has 20 heavy (non-hydrogen) atoms. The summed E-state index contributed by atoms with van der Waals surface area (Å²) in [4.78, 5) is 4.15. The summed E-state index contributed by atoms with van der Waals surface area (Å²) >= 11 is 0. The Morgan fingerprint density at radius 3 is 2.70 bits per heavy atom. The molecule has 0 bridgehead atoms. The average molecular weight is 295 g/mol. The lowest BCUT2D eigenvalue weighted by Crippen LogP contribution is -2.11. The van der Waals surface area contributed by atoms with E-state index in [1.165, 1.54) is 18.2 Å². The molecule has 0 unspecified atom stereocenters. The number of hydrogen-bond acceptors (Lipinski definition) is 4. The van der Waals surface area contributed by atoms with Gasteiger partial charge in [-0.05, 0) is 30.3 Å².